The second-order valence-corrected chi connectivity index (χ2v) is 3.76. The zero-order chi connectivity index (χ0) is 10.8. The molecule has 0 heterocycles. The monoisotopic (exact) mass is 198 g/mol. The van der Waals surface area contributed by atoms with E-state index in [2.05, 4.69) is 13.0 Å². The standard InChI is InChI=1S/C12H22O2/c1-3-5-7-9-11(8-6-4-2)10-12(13)14/h4,6,11H,3,5,7-10H2,1-2H3,(H,13,14)/b6-4+. The molecule has 0 aliphatic heterocycles. The summed E-state index contributed by atoms with van der Waals surface area (Å²) in [6.45, 7) is 4.14. The molecule has 0 aromatic carbocycles. The van der Waals surface area contributed by atoms with Crippen molar-refractivity contribution < 1.29 is 9.90 Å². The Labute approximate surface area is 87.0 Å². The fourth-order valence-corrected chi connectivity index (χ4v) is 1.56. The molecule has 0 aromatic heterocycles. The lowest BCUT2D eigenvalue weighted by atomic mass is 9.94. The van der Waals surface area contributed by atoms with Gasteiger partial charge in [-0.1, -0.05) is 38.3 Å². The van der Waals surface area contributed by atoms with Crippen molar-refractivity contribution in [2.24, 2.45) is 5.92 Å². The van der Waals surface area contributed by atoms with Gasteiger partial charge >= 0.3 is 5.97 Å². The Kier molecular flexibility index (Phi) is 8.30. The Bertz CT molecular complexity index is 173. The summed E-state index contributed by atoms with van der Waals surface area (Å²) in [6, 6.07) is 0. The molecule has 0 radical (unpaired) electrons. The summed E-state index contributed by atoms with van der Waals surface area (Å²) in [7, 11) is 0. The maximum Gasteiger partial charge on any atom is 0.303 e. The molecule has 82 valence electrons. The van der Waals surface area contributed by atoms with E-state index in [-0.39, 0.29) is 0 Å². The van der Waals surface area contributed by atoms with Crippen LogP contribution in [0.4, 0.5) is 0 Å². The van der Waals surface area contributed by atoms with Crippen LogP contribution in [0.2, 0.25) is 0 Å². The molecular weight excluding hydrogens is 176 g/mol. The Hall–Kier alpha value is -0.790. The minimum absolute atomic E-state index is 0.314. The van der Waals surface area contributed by atoms with Gasteiger partial charge in [-0.25, -0.2) is 0 Å². The van der Waals surface area contributed by atoms with E-state index in [0.717, 1.165) is 19.3 Å². The van der Waals surface area contributed by atoms with E-state index in [1.165, 1.54) is 12.8 Å². The number of carboxylic acid groups (broad SMARTS) is 1. The summed E-state index contributed by atoms with van der Waals surface area (Å²) in [5.74, 6) is -0.341. The highest BCUT2D eigenvalue weighted by Gasteiger charge is 2.10. The summed E-state index contributed by atoms with van der Waals surface area (Å²) in [5, 5.41) is 8.72. The quantitative estimate of drug-likeness (QED) is 0.477. The van der Waals surface area contributed by atoms with E-state index in [0.29, 0.717) is 12.3 Å². The van der Waals surface area contributed by atoms with Crippen molar-refractivity contribution in [1.82, 2.24) is 0 Å². The van der Waals surface area contributed by atoms with Crippen molar-refractivity contribution in [3.8, 4) is 0 Å². The highest BCUT2D eigenvalue weighted by Crippen LogP contribution is 2.18. The zero-order valence-corrected chi connectivity index (χ0v) is 9.33. The largest absolute Gasteiger partial charge is 0.481 e. The molecule has 0 fully saturated rings. The number of carboxylic acids is 1. The van der Waals surface area contributed by atoms with Gasteiger partial charge in [-0.2, -0.15) is 0 Å². The minimum Gasteiger partial charge on any atom is -0.481 e. The van der Waals surface area contributed by atoms with Crippen molar-refractivity contribution >= 4 is 5.97 Å². The summed E-state index contributed by atoms with van der Waals surface area (Å²) >= 11 is 0. The lowest BCUT2D eigenvalue weighted by molar-refractivity contribution is -0.138. The van der Waals surface area contributed by atoms with Gasteiger partial charge in [0.15, 0.2) is 0 Å². The Morgan fingerprint density at radius 3 is 2.64 bits per heavy atom. The van der Waals surface area contributed by atoms with Crippen LogP contribution in [-0.4, -0.2) is 11.1 Å². The number of allylic oxidation sites excluding steroid dienone is 2. The molecule has 1 unspecified atom stereocenters. The minimum atomic E-state index is -0.670. The number of rotatable bonds is 8. The SMILES string of the molecule is C/C=C/CC(CCCCC)CC(=O)O. The number of hydrogen-bond donors (Lipinski definition) is 1. The average molecular weight is 198 g/mol. The molecule has 0 saturated carbocycles. The Morgan fingerprint density at radius 1 is 1.43 bits per heavy atom. The third kappa shape index (κ3) is 7.84. The predicted molar refractivity (Wildman–Crippen MR) is 59.3 cm³/mol. The van der Waals surface area contributed by atoms with Gasteiger partial charge in [0.05, 0.1) is 0 Å². The van der Waals surface area contributed by atoms with E-state index < -0.39 is 5.97 Å². The molecule has 14 heavy (non-hydrogen) atoms. The maximum atomic E-state index is 10.6. The van der Waals surface area contributed by atoms with Crippen molar-refractivity contribution in [3.05, 3.63) is 12.2 Å². The second kappa shape index (κ2) is 8.79. The van der Waals surface area contributed by atoms with Crippen LogP contribution in [0.25, 0.3) is 0 Å². The molecule has 1 N–H and O–H groups in total. The molecule has 0 aromatic rings. The van der Waals surface area contributed by atoms with Crippen LogP contribution in [0.1, 0.15) is 52.4 Å². The first-order valence-corrected chi connectivity index (χ1v) is 5.53. The third-order valence-electron chi connectivity index (χ3n) is 2.38. The fraction of sp³-hybridized carbons (Fsp3) is 0.750. The summed E-state index contributed by atoms with van der Waals surface area (Å²) in [4.78, 5) is 10.6. The highest BCUT2D eigenvalue weighted by molar-refractivity contribution is 5.67. The molecule has 0 spiro atoms. The average Bonchev–Trinajstić information content (AvgIpc) is 2.13. The van der Waals surface area contributed by atoms with E-state index >= 15 is 0 Å². The number of aliphatic carboxylic acids is 1. The van der Waals surface area contributed by atoms with Crippen LogP contribution < -0.4 is 0 Å². The topological polar surface area (TPSA) is 37.3 Å². The van der Waals surface area contributed by atoms with Crippen molar-refractivity contribution in [1.29, 1.82) is 0 Å². The summed E-state index contributed by atoms with van der Waals surface area (Å²) < 4.78 is 0. The first-order chi connectivity index (χ1) is 6.70. The van der Waals surface area contributed by atoms with E-state index in [4.69, 9.17) is 5.11 Å². The van der Waals surface area contributed by atoms with Crippen LogP contribution in [0.5, 0.6) is 0 Å². The van der Waals surface area contributed by atoms with Crippen LogP contribution in [-0.2, 0) is 4.79 Å². The number of unbranched alkanes of at least 4 members (excludes halogenated alkanes) is 2. The molecule has 0 aliphatic rings. The molecule has 0 rings (SSSR count). The number of carbonyl (C=O) groups is 1. The molecule has 2 nitrogen and oxygen atoms in total. The molecule has 0 amide bonds. The lowest BCUT2D eigenvalue weighted by Gasteiger charge is -2.11. The van der Waals surface area contributed by atoms with E-state index in [9.17, 15) is 4.79 Å². The van der Waals surface area contributed by atoms with Gasteiger partial charge in [-0.15, -0.1) is 0 Å². The van der Waals surface area contributed by atoms with Crippen LogP contribution >= 0.6 is 0 Å². The van der Waals surface area contributed by atoms with Crippen LogP contribution in [0.3, 0.4) is 0 Å². The Morgan fingerprint density at radius 2 is 2.14 bits per heavy atom. The van der Waals surface area contributed by atoms with Gasteiger partial charge in [0.1, 0.15) is 0 Å². The smallest absolute Gasteiger partial charge is 0.303 e. The first-order valence-electron chi connectivity index (χ1n) is 5.53. The second-order valence-electron chi connectivity index (χ2n) is 3.76. The molecular formula is C12H22O2. The van der Waals surface area contributed by atoms with Gasteiger partial charge in [-0.05, 0) is 25.7 Å². The first kappa shape index (κ1) is 13.2. The van der Waals surface area contributed by atoms with Crippen molar-refractivity contribution in [2.45, 2.75) is 52.4 Å². The Balaban J connectivity index is 3.77. The lowest BCUT2D eigenvalue weighted by Crippen LogP contribution is -2.07. The van der Waals surface area contributed by atoms with E-state index in [1.807, 2.05) is 13.0 Å². The molecule has 0 bridgehead atoms. The third-order valence-corrected chi connectivity index (χ3v) is 2.38. The molecule has 2 heteroatoms. The van der Waals surface area contributed by atoms with Crippen molar-refractivity contribution in [2.75, 3.05) is 0 Å². The van der Waals surface area contributed by atoms with Gasteiger partial charge in [0.2, 0.25) is 0 Å². The van der Waals surface area contributed by atoms with Crippen molar-refractivity contribution in [3.63, 3.8) is 0 Å². The molecule has 0 aliphatic carbocycles. The summed E-state index contributed by atoms with van der Waals surface area (Å²) in [6.07, 6.45) is 9.90. The normalized spacial score (nSPS) is 13.3. The molecule has 0 saturated heterocycles. The molecule has 1 atom stereocenters. The van der Waals surface area contributed by atoms with Gasteiger partial charge in [-0.3, -0.25) is 4.79 Å². The van der Waals surface area contributed by atoms with Gasteiger partial charge in [0, 0.05) is 6.42 Å². The maximum absolute atomic E-state index is 10.6. The predicted octanol–water partition coefficient (Wildman–Crippen LogP) is 3.62. The zero-order valence-electron chi connectivity index (χ0n) is 9.33. The number of hydrogen-bond acceptors (Lipinski definition) is 1. The van der Waals surface area contributed by atoms with E-state index in [1.54, 1.807) is 0 Å². The summed E-state index contributed by atoms with van der Waals surface area (Å²) in [5.41, 5.74) is 0. The van der Waals surface area contributed by atoms with Crippen LogP contribution in [0, 0.1) is 5.92 Å². The van der Waals surface area contributed by atoms with Gasteiger partial charge in [0.25, 0.3) is 0 Å². The van der Waals surface area contributed by atoms with Crippen LogP contribution in [0.15, 0.2) is 12.2 Å². The van der Waals surface area contributed by atoms with Gasteiger partial charge < -0.3 is 5.11 Å². The highest BCUT2D eigenvalue weighted by atomic mass is 16.4. The fourth-order valence-electron chi connectivity index (χ4n) is 1.56.